The summed E-state index contributed by atoms with van der Waals surface area (Å²) >= 11 is 6.24. The van der Waals surface area contributed by atoms with Gasteiger partial charge in [0.1, 0.15) is 6.54 Å². The van der Waals surface area contributed by atoms with E-state index in [2.05, 4.69) is 5.32 Å². The Morgan fingerprint density at radius 1 is 1.13 bits per heavy atom. The van der Waals surface area contributed by atoms with E-state index >= 15 is 0 Å². The van der Waals surface area contributed by atoms with Gasteiger partial charge in [0.25, 0.3) is 5.91 Å². The fraction of sp³-hybridized carbons (Fsp3) is 0.333. The van der Waals surface area contributed by atoms with Crippen LogP contribution < -0.4 is 14.8 Å². The number of anilines is 1. The van der Waals surface area contributed by atoms with Crippen LogP contribution in [0, 0.1) is 17.5 Å². The average Bonchev–Trinajstić information content (AvgIpc) is 2.99. The molecule has 2 amide bonds. The molecule has 0 unspecified atom stereocenters. The second-order valence-electron chi connectivity index (χ2n) is 6.83. The topological polar surface area (TPSA) is 67.9 Å². The zero-order chi connectivity index (χ0) is 22.5. The van der Waals surface area contributed by atoms with Crippen molar-refractivity contribution in [2.24, 2.45) is 0 Å². The lowest BCUT2D eigenvalue weighted by Crippen LogP contribution is -2.38. The van der Waals surface area contributed by atoms with Crippen LogP contribution in [0.15, 0.2) is 24.3 Å². The lowest BCUT2D eigenvalue weighted by atomic mass is 10.1. The highest BCUT2D eigenvalue weighted by atomic mass is 35.5. The first-order valence-electron chi connectivity index (χ1n) is 9.63. The number of nitrogens with zero attached hydrogens (tertiary/aromatic N) is 1. The fourth-order valence-electron chi connectivity index (χ4n) is 3.04. The maximum Gasteiger partial charge on any atom is 0.254 e. The van der Waals surface area contributed by atoms with Crippen LogP contribution in [-0.2, 0) is 4.79 Å². The van der Waals surface area contributed by atoms with Crippen molar-refractivity contribution in [1.29, 1.82) is 0 Å². The van der Waals surface area contributed by atoms with Crippen molar-refractivity contribution in [1.82, 2.24) is 4.90 Å². The second-order valence-corrected chi connectivity index (χ2v) is 7.24. The van der Waals surface area contributed by atoms with Crippen molar-refractivity contribution in [3.63, 3.8) is 0 Å². The molecular formula is C21H20ClF3N2O4. The van der Waals surface area contributed by atoms with E-state index < -0.39 is 41.5 Å². The van der Waals surface area contributed by atoms with E-state index in [1.54, 1.807) is 0 Å². The molecule has 166 valence electrons. The minimum absolute atomic E-state index is 0.189. The smallest absolute Gasteiger partial charge is 0.254 e. The number of hydrogen-bond acceptors (Lipinski definition) is 4. The molecule has 0 atom stereocenters. The predicted molar refractivity (Wildman–Crippen MR) is 108 cm³/mol. The number of fused-ring (bicyclic) bond motifs is 1. The molecule has 0 aliphatic carbocycles. The summed E-state index contributed by atoms with van der Waals surface area (Å²) in [7, 11) is 0. The van der Waals surface area contributed by atoms with Gasteiger partial charge in [-0.25, -0.2) is 13.2 Å². The largest absolute Gasteiger partial charge is 0.489 e. The highest BCUT2D eigenvalue weighted by molar-refractivity contribution is 6.32. The van der Waals surface area contributed by atoms with Crippen molar-refractivity contribution in [3.05, 3.63) is 52.3 Å². The van der Waals surface area contributed by atoms with Gasteiger partial charge in [0, 0.05) is 18.5 Å². The van der Waals surface area contributed by atoms with E-state index in [9.17, 15) is 22.8 Å². The number of nitrogens with one attached hydrogen (secondary N) is 1. The minimum atomic E-state index is -1.69. The second kappa shape index (κ2) is 9.91. The summed E-state index contributed by atoms with van der Waals surface area (Å²) in [5.41, 5.74) is -0.332. The van der Waals surface area contributed by atoms with Crippen molar-refractivity contribution in [2.75, 3.05) is 31.6 Å². The van der Waals surface area contributed by atoms with Crippen molar-refractivity contribution >= 4 is 29.1 Å². The van der Waals surface area contributed by atoms with E-state index in [-0.39, 0.29) is 17.1 Å². The fourth-order valence-corrected chi connectivity index (χ4v) is 3.31. The van der Waals surface area contributed by atoms with Gasteiger partial charge in [-0.2, -0.15) is 0 Å². The van der Waals surface area contributed by atoms with Gasteiger partial charge in [0.2, 0.25) is 5.91 Å². The summed E-state index contributed by atoms with van der Waals surface area (Å²) in [5.74, 6) is -5.17. The van der Waals surface area contributed by atoms with Crippen LogP contribution in [0.1, 0.15) is 30.1 Å². The molecule has 0 saturated carbocycles. The zero-order valence-electron chi connectivity index (χ0n) is 16.6. The molecule has 1 aliphatic heterocycles. The zero-order valence-corrected chi connectivity index (χ0v) is 17.4. The Hall–Kier alpha value is -2.94. The summed E-state index contributed by atoms with van der Waals surface area (Å²) in [4.78, 5) is 26.6. The molecule has 2 aromatic carbocycles. The van der Waals surface area contributed by atoms with E-state index in [1.165, 1.54) is 17.0 Å². The number of benzene rings is 2. The highest BCUT2D eigenvalue weighted by Gasteiger charge is 2.24. The van der Waals surface area contributed by atoms with Crippen LogP contribution in [0.2, 0.25) is 5.02 Å². The normalized spacial score (nSPS) is 12.8. The Kier molecular flexibility index (Phi) is 7.27. The third-order valence-electron chi connectivity index (χ3n) is 4.47. The third kappa shape index (κ3) is 5.22. The number of hydrogen-bond donors (Lipinski definition) is 1. The summed E-state index contributed by atoms with van der Waals surface area (Å²) in [5, 5.41) is 2.36. The van der Waals surface area contributed by atoms with Gasteiger partial charge >= 0.3 is 0 Å². The Balaban J connectivity index is 1.78. The molecule has 0 bridgehead atoms. The molecule has 31 heavy (non-hydrogen) atoms. The SMILES string of the molecule is CCCN(CC(=O)Nc1ccc(F)c(F)c1F)C(=O)c1cc(Cl)c2c(c1)OCCCO2. The van der Waals surface area contributed by atoms with Crippen LogP contribution in [0.25, 0.3) is 0 Å². The maximum atomic E-state index is 13.8. The van der Waals surface area contributed by atoms with Gasteiger partial charge in [-0.15, -0.1) is 0 Å². The Labute approximate surface area is 181 Å². The molecule has 2 aromatic rings. The Morgan fingerprint density at radius 3 is 2.61 bits per heavy atom. The Morgan fingerprint density at radius 2 is 1.87 bits per heavy atom. The van der Waals surface area contributed by atoms with E-state index in [0.717, 1.165) is 6.07 Å². The molecule has 1 aliphatic rings. The number of amides is 2. The van der Waals surface area contributed by atoms with Crippen LogP contribution >= 0.6 is 11.6 Å². The molecule has 6 nitrogen and oxygen atoms in total. The third-order valence-corrected chi connectivity index (χ3v) is 4.75. The number of carbonyl (C=O) groups is 2. The van der Waals surface area contributed by atoms with Gasteiger partial charge < -0.3 is 19.7 Å². The average molecular weight is 457 g/mol. The molecular weight excluding hydrogens is 437 g/mol. The van der Waals surface area contributed by atoms with E-state index in [1.807, 2.05) is 6.92 Å². The van der Waals surface area contributed by atoms with Crippen LogP contribution in [-0.4, -0.2) is 43.0 Å². The van der Waals surface area contributed by atoms with Gasteiger partial charge in [0.15, 0.2) is 29.0 Å². The molecule has 0 radical (unpaired) electrons. The first-order valence-corrected chi connectivity index (χ1v) is 10.0. The van der Waals surface area contributed by atoms with Gasteiger partial charge in [-0.3, -0.25) is 9.59 Å². The molecule has 1 heterocycles. The summed E-state index contributed by atoms with van der Waals surface area (Å²) < 4.78 is 51.4. The van der Waals surface area contributed by atoms with Gasteiger partial charge in [-0.1, -0.05) is 18.5 Å². The number of rotatable bonds is 6. The highest BCUT2D eigenvalue weighted by Crippen LogP contribution is 2.38. The van der Waals surface area contributed by atoms with Crippen molar-refractivity contribution in [3.8, 4) is 11.5 Å². The first-order chi connectivity index (χ1) is 14.8. The molecule has 1 N–H and O–H groups in total. The molecule has 0 aromatic heterocycles. The summed E-state index contributed by atoms with van der Waals surface area (Å²) in [6.07, 6.45) is 1.20. The molecule has 0 spiro atoms. The summed E-state index contributed by atoms with van der Waals surface area (Å²) in [6, 6.07) is 4.52. The summed E-state index contributed by atoms with van der Waals surface area (Å²) in [6.45, 7) is 2.44. The molecule has 3 rings (SSSR count). The lowest BCUT2D eigenvalue weighted by molar-refractivity contribution is -0.116. The van der Waals surface area contributed by atoms with Crippen molar-refractivity contribution < 1.29 is 32.2 Å². The standard InChI is InChI=1S/C21H20ClF3N2O4/c1-2-6-27(11-17(28)26-15-5-4-14(23)18(24)19(15)25)21(29)12-9-13(22)20-16(10-12)30-7-3-8-31-20/h4-5,9-10H,2-3,6-8,11H2,1H3,(H,26,28). The number of ether oxygens (including phenoxy) is 2. The molecule has 10 heteroatoms. The van der Waals surface area contributed by atoms with Crippen molar-refractivity contribution in [2.45, 2.75) is 19.8 Å². The van der Waals surface area contributed by atoms with E-state index in [0.29, 0.717) is 43.6 Å². The molecule has 0 saturated heterocycles. The van der Waals surface area contributed by atoms with Crippen LogP contribution in [0.3, 0.4) is 0 Å². The monoisotopic (exact) mass is 456 g/mol. The number of halogens is 4. The number of carbonyl (C=O) groups excluding carboxylic acids is 2. The maximum absolute atomic E-state index is 13.8. The minimum Gasteiger partial charge on any atom is -0.489 e. The van der Waals surface area contributed by atoms with Crippen LogP contribution in [0.5, 0.6) is 11.5 Å². The first kappa shape index (κ1) is 22.7. The lowest BCUT2D eigenvalue weighted by Gasteiger charge is -2.22. The Bertz CT molecular complexity index is 1000. The quantitative estimate of drug-likeness (QED) is 0.654. The van der Waals surface area contributed by atoms with Gasteiger partial charge in [0.05, 0.1) is 23.9 Å². The van der Waals surface area contributed by atoms with Crippen LogP contribution in [0.4, 0.5) is 18.9 Å². The van der Waals surface area contributed by atoms with Gasteiger partial charge in [-0.05, 0) is 30.7 Å². The van der Waals surface area contributed by atoms with E-state index in [4.69, 9.17) is 21.1 Å². The predicted octanol–water partition coefficient (Wildman–Crippen LogP) is 4.41. The molecule has 0 fully saturated rings.